The van der Waals surface area contributed by atoms with Gasteiger partial charge in [0.25, 0.3) is 5.91 Å². The van der Waals surface area contributed by atoms with E-state index in [4.69, 9.17) is 28.9 Å². The van der Waals surface area contributed by atoms with Crippen LogP contribution in [0.1, 0.15) is 30.4 Å². The number of aromatic nitrogens is 3. The van der Waals surface area contributed by atoms with Gasteiger partial charge in [-0.25, -0.2) is 9.97 Å². The van der Waals surface area contributed by atoms with Crippen LogP contribution in [0.25, 0.3) is 0 Å². The number of rotatable bonds is 3. The van der Waals surface area contributed by atoms with E-state index in [2.05, 4.69) is 15.3 Å². The van der Waals surface area contributed by atoms with Crippen LogP contribution >= 0.6 is 23.2 Å². The minimum Gasteiger partial charge on any atom is -0.397 e. The minimum absolute atomic E-state index is 0.0794. The number of halogens is 2. The molecule has 3 N–H and O–H groups in total. The second-order valence-corrected chi connectivity index (χ2v) is 5.18. The van der Waals surface area contributed by atoms with Crippen molar-refractivity contribution in [3.8, 4) is 0 Å². The monoisotopic (exact) mass is 313 g/mol. The van der Waals surface area contributed by atoms with Crippen molar-refractivity contribution in [1.29, 1.82) is 0 Å². The molecule has 2 aromatic rings. The summed E-state index contributed by atoms with van der Waals surface area (Å²) in [6, 6.07) is 1.68. The molecule has 20 heavy (non-hydrogen) atoms. The summed E-state index contributed by atoms with van der Waals surface area (Å²) in [5.74, 6) is -0.209. The molecule has 0 spiro atoms. The van der Waals surface area contributed by atoms with Crippen LogP contribution in [-0.4, -0.2) is 20.4 Å². The van der Waals surface area contributed by atoms with Gasteiger partial charge in [0.1, 0.15) is 17.0 Å². The van der Waals surface area contributed by atoms with Crippen molar-refractivity contribution in [2.24, 2.45) is 0 Å². The maximum atomic E-state index is 12.3. The number of nitrogens with two attached hydrogens (primary N) is 1. The molecular formula is C12H13Cl2N5O. The van der Waals surface area contributed by atoms with E-state index in [9.17, 15) is 4.79 Å². The Labute approximate surface area is 125 Å². The van der Waals surface area contributed by atoms with Gasteiger partial charge in [0.05, 0.1) is 5.69 Å². The summed E-state index contributed by atoms with van der Waals surface area (Å²) in [5, 5.41) is 2.77. The standard InChI is InChI=1S/C12H13Cl2N5O/c1-6(2)19-4-7(15)3-8(19)12(20)18-11-9(13)10(14)16-5-17-11/h3-6H,15H2,1-2H3,(H,16,17,18,20). The Morgan fingerprint density at radius 1 is 1.40 bits per heavy atom. The predicted molar refractivity (Wildman–Crippen MR) is 79.2 cm³/mol. The van der Waals surface area contributed by atoms with Crippen LogP contribution in [0.5, 0.6) is 0 Å². The van der Waals surface area contributed by atoms with Crippen molar-refractivity contribution >= 4 is 40.6 Å². The first kappa shape index (κ1) is 14.6. The molecule has 8 heteroatoms. The number of hydrogen-bond donors (Lipinski definition) is 2. The number of anilines is 2. The molecule has 0 saturated heterocycles. The molecule has 0 aromatic carbocycles. The average Bonchev–Trinajstić information content (AvgIpc) is 2.77. The minimum atomic E-state index is -0.368. The Kier molecular flexibility index (Phi) is 4.15. The van der Waals surface area contributed by atoms with Gasteiger partial charge in [0.2, 0.25) is 0 Å². The van der Waals surface area contributed by atoms with Gasteiger partial charge in [-0.15, -0.1) is 0 Å². The first-order valence-electron chi connectivity index (χ1n) is 5.85. The molecule has 106 valence electrons. The second kappa shape index (κ2) is 5.68. The van der Waals surface area contributed by atoms with E-state index in [1.807, 2.05) is 13.8 Å². The van der Waals surface area contributed by atoms with Crippen LogP contribution in [0.4, 0.5) is 11.5 Å². The molecule has 0 unspecified atom stereocenters. The van der Waals surface area contributed by atoms with Crippen molar-refractivity contribution < 1.29 is 4.79 Å². The van der Waals surface area contributed by atoms with Crippen LogP contribution in [-0.2, 0) is 0 Å². The van der Waals surface area contributed by atoms with E-state index < -0.39 is 0 Å². The number of amides is 1. The number of carbonyl (C=O) groups excluding carboxylic acids is 1. The normalized spacial score (nSPS) is 10.8. The maximum absolute atomic E-state index is 12.3. The molecule has 0 radical (unpaired) electrons. The van der Waals surface area contributed by atoms with Gasteiger partial charge in [-0.3, -0.25) is 4.79 Å². The fourth-order valence-corrected chi connectivity index (χ4v) is 1.99. The third-order valence-corrected chi connectivity index (χ3v) is 3.38. The number of nitrogens with zero attached hydrogens (tertiary/aromatic N) is 3. The summed E-state index contributed by atoms with van der Waals surface area (Å²) in [6.07, 6.45) is 2.92. The Morgan fingerprint density at radius 2 is 2.10 bits per heavy atom. The van der Waals surface area contributed by atoms with E-state index in [0.717, 1.165) is 0 Å². The van der Waals surface area contributed by atoms with Gasteiger partial charge in [-0.2, -0.15) is 0 Å². The summed E-state index contributed by atoms with van der Waals surface area (Å²) in [4.78, 5) is 19.9. The van der Waals surface area contributed by atoms with Crippen molar-refractivity contribution in [3.63, 3.8) is 0 Å². The summed E-state index contributed by atoms with van der Waals surface area (Å²) in [5.41, 5.74) is 6.66. The lowest BCUT2D eigenvalue weighted by Crippen LogP contribution is -2.18. The Balaban J connectivity index is 2.31. The zero-order chi connectivity index (χ0) is 14.9. The molecule has 0 aliphatic carbocycles. The molecule has 2 heterocycles. The smallest absolute Gasteiger partial charge is 0.273 e. The molecule has 0 saturated carbocycles. The predicted octanol–water partition coefficient (Wildman–Crippen LogP) is 3.00. The lowest BCUT2D eigenvalue weighted by molar-refractivity contribution is 0.101. The van der Waals surface area contributed by atoms with E-state index >= 15 is 0 Å². The van der Waals surface area contributed by atoms with Crippen molar-refractivity contribution in [2.75, 3.05) is 11.1 Å². The van der Waals surface area contributed by atoms with Crippen LogP contribution in [0.3, 0.4) is 0 Å². The van der Waals surface area contributed by atoms with Crippen molar-refractivity contribution in [2.45, 2.75) is 19.9 Å². The summed E-state index contributed by atoms with van der Waals surface area (Å²) in [7, 11) is 0. The molecule has 1 amide bonds. The van der Waals surface area contributed by atoms with Crippen molar-refractivity contribution in [1.82, 2.24) is 14.5 Å². The fraction of sp³-hybridized carbons (Fsp3) is 0.250. The van der Waals surface area contributed by atoms with Crippen LogP contribution < -0.4 is 11.1 Å². The Hall–Kier alpha value is -1.79. The van der Waals surface area contributed by atoms with Gasteiger partial charge in [0, 0.05) is 12.2 Å². The highest BCUT2D eigenvalue weighted by molar-refractivity contribution is 6.43. The summed E-state index contributed by atoms with van der Waals surface area (Å²) in [6.45, 7) is 3.90. The average molecular weight is 314 g/mol. The molecule has 2 aromatic heterocycles. The molecule has 6 nitrogen and oxygen atoms in total. The highest BCUT2D eigenvalue weighted by Gasteiger charge is 2.17. The molecule has 0 aliphatic heterocycles. The van der Waals surface area contributed by atoms with E-state index in [-0.39, 0.29) is 27.9 Å². The molecule has 0 bridgehead atoms. The van der Waals surface area contributed by atoms with Gasteiger partial charge in [-0.1, -0.05) is 23.2 Å². The molecule has 0 atom stereocenters. The zero-order valence-electron chi connectivity index (χ0n) is 10.9. The second-order valence-electron chi connectivity index (χ2n) is 4.44. The molecule has 0 aliphatic rings. The van der Waals surface area contributed by atoms with Crippen LogP contribution in [0.15, 0.2) is 18.6 Å². The lowest BCUT2D eigenvalue weighted by Gasteiger charge is -2.12. The highest BCUT2D eigenvalue weighted by atomic mass is 35.5. The van der Waals surface area contributed by atoms with Crippen LogP contribution in [0.2, 0.25) is 10.2 Å². The summed E-state index contributed by atoms with van der Waals surface area (Å²) < 4.78 is 1.77. The number of nitrogen functional groups attached to an aromatic ring is 1. The number of nitrogens with one attached hydrogen (secondary N) is 1. The molecular weight excluding hydrogens is 301 g/mol. The largest absolute Gasteiger partial charge is 0.397 e. The summed E-state index contributed by atoms with van der Waals surface area (Å²) >= 11 is 11.7. The van der Waals surface area contributed by atoms with E-state index in [0.29, 0.717) is 11.4 Å². The van der Waals surface area contributed by atoms with E-state index in [1.54, 1.807) is 16.8 Å². The molecule has 0 fully saturated rings. The quantitative estimate of drug-likeness (QED) is 0.853. The fourth-order valence-electron chi connectivity index (χ4n) is 1.72. The highest BCUT2D eigenvalue weighted by Crippen LogP contribution is 2.26. The number of carbonyl (C=O) groups is 1. The first-order valence-corrected chi connectivity index (χ1v) is 6.60. The topological polar surface area (TPSA) is 85.8 Å². The van der Waals surface area contributed by atoms with Gasteiger partial charge < -0.3 is 15.6 Å². The third kappa shape index (κ3) is 2.86. The SMILES string of the molecule is CC(C)n1cc(N)cc1C(=O)Nc1ncnc(Cl)c1Cl. The van der Waals surface area contributed by atoms with Crippen molar-refractivity contribution in [3.05, 3.63) is 34.5 Å². The maximum Gasteiger partial charge on any atom is 0.273 e. The zero-order valence-corrected chi connectivity index (χ0v) is 12.4. The first-order chi connectivity index (χ1) is 9.40. The van der Waals surface area contributed by atoms with Gasteiger partial charge in [-0.05, 0) is 19.9 Å². The molecule has 2 rings (SSSR count). The van der Waals surface area contributed by atoms with Gasteiger partial charge >= 0.3 is 0 Å². The Morgan fingerprint density at radius 3 is 2.75 bits per heavy atom. The number of hydrogen-bond acceptors (Lipinski definition) is 4. The van der Waals surface area contributed by atoms with Gasteiger partial charge in [0.15, 0.2) is 11.0 Å². The van der Waals surface area contributed by atoms with Crippen LogP contribution in [0, 0.1) is 0 Å². The third-order valence-electron chi connectivity index (χ3n) is 2.64. The Bertz CT molecular complexity index is 653. The van der Waals surface area contributed by atoms with E-state index in [1.165, 1.54) is 6.33 Å². The lowest BCUT2D eigenvalue weighted by atomic mass is 10.3.